The fraction of sp³-hybridized carbons (Fsp3) is 0.273. The molecule has 0 radical (unpaired) electrons. The Hall–Kier alpha value is -6.31. The summed E-state index contributed by atoms with van der Waals surface area (Å²) in [5.74, 6) is 1.09. The van der Waals surface area contributed by atoms with E-state index in [0.717, 1.165) is 18.4 Å². The number of aryl methyl sites for hydroxylation is 1. The fourth-order valence-electron chi connectivity index (χ4n) is 12.0. The summed E-state index contributed by atoms with van der Waals surface area (Å²) in [5.41, 5.74) is 12.0. The molecule has 0 N–H and O–H groups in total. The Kier molecular flexibility index (Phi) is 12.5. The van der Waals surface area contributed by atoms with Crippen molar-refractivity contribution in [3.8, 4) is 0 Å². The van der Waals surface area contributed by atoms with Crippen molar-refractivity contribution in [2.75, 3.05) is 0 Å². The number of fused-ring (bicyclic) bond motifs is 2. The van der Waals surface area contributed by atoms with E-state index in [4.69, 9.17) is 0 Å². The number of hydrogen-bond acceptors (Lipinski definition) is 0. The molecule has 10 aromatic carbocycles. The number of halogens is 1. The first kappa shape index (κ1) is 44.5. The van der Waals surface area contributed by atoms with Gasteiger partial charge in [0.15, 0.2) is 0 Å². The maximum atomic E-state index is 15.8. The number of rotatable bonds is 15. The molecule has 0 saturated heterocycles. The molecule has 0 nitrogen and oxygen atoms in total. The second kappa shape index (κ2) is 18.8. The molecule has 10 rings (SSSR count). The minimum Gasteiger partial charge on any atom is -0.207 e. The van der Waals surface area contributed by atoms with Gasteiger partial charge in [0.2, 0.25) is 0 Å². The van der Waals surface area contributed by atoms with Crippen molar-refractivity contribution >= 4 is 53.9 Å². The molecule has 0 heterocycles. The van der Waals surface area contributed by atoms with Gasteiger partial charge in [-0.3, -0.25) is 0 Å². The first-order valence-electron chi connectivity index (χ1n) is 25.2. The number of unbranched alkanes of at least 4 members (excludes halogenated alkanes) is 1. The summed E-state index contributed by atoms with van der Waals surface area (Å²) in [7, 11) is 0. The van der Waals surface area contributed by atoms with E-state index in [9.17, 15) is 0 Å². The van der Waals surface area contributed by atoms with Crippen LogP contribution in [0.2, 0.25) is 0 Å². The average molecular weight is 877 g/mol. The highest BCUT2D eigenvalue weighted by atomic mass is 19.1. The predicted molar refractivity (Wildman–Crippen MR) is 287 cm³/mol. The van der Waals surface area contributed by atoms with E-state index in [1.807, 2.05) is 18.2 Å². The third kappa shape index (κ3) is 8.20. The highest BCUT2D eigenvalue weighted by molar-refractivity contribution is 6.25. The van der Waals surface area contributed by atoms with Gasteiger partial charge in [-0.05, 0) is 171 Å². The lowest BCUT2D eigenvalue weighted by atomic mass is 9.72. The van der Waals surface area contributed by atoms with Crippen LogP contribution in [0, 0.1) is 5.82 Å². The molecule has 0 spiro atoms. The van der Waals surface area contributed by atoms with Gasteiger partial charge in [0.1, 0.15) is 5.82 Å². The van der Waals surface area contributed by atoms with Crippen molar-refractivity contribution in [1.82, 2.24) is 0 Å². The SMILES string of the molecule is CCCCc1ccccc1CC(c1cccc2ccccc12)C(C)c1cc(C(C)C)c2ccc3c(C(C)C(Cc4ccccc4F)c4cccc5ccccc45)cc(C(C)C)c4ccc1c2c43. The standard InChI is InChI=1S/C66H65F/c1-8-9-20-45-21-10-11-24-48(45)37-60(52-30-18-26-46-22-12-15-28-50(46)52)43(6)62-39-58(41(2)3)54-34-36-57-63(40-59(42(4)5)55-33-35-56(62)65(54)66(55)57)44(7)61(38-49-25-14-17-32-64(49)67)53-31-19-27-47-23-13-16-29-51(47)53/h10-19,21-36,39-44,60-61H,8-9,20,37-38H2,1-7H3. The number of benzene rings is 10. The Balaban J connectivity index is 1.21. The molecule has 4 unspecified atom stereocenters. The van der Waals surface area contributed by atoms with Gasteiger partial charge >= 0.3 is 0 Å². The first-order chi connectivity index (χ1) is 32.6. The predicted octanol–water partition coefficient (Wildman–Crippen LogP) is 18.9. The summed E-state index contributed by atoms with van der Waals surface area (Å²) >= 11 is 0. The maximum absolute atomic E-state index is 15.8. The van der Waals surface area contributed by atoms with Crippen LogP contribution >= 0.6 is 0 Å². The molecule has 0 bridgehead atoms. The lowest BCUT2D eigenvalue weighted by Gasteiger charge is -2.31. The van der Waals surface area contributed by atoms with Crippen LogP contribution in [-0.2, 0) is 19.3 Å². The molecular weight excluding hydrogens is 812 g/mol. The van der Waals surface area contributed by atoms with Crippen molar-refractivity contribution in [2.24, 2.45) is 0 Å². The van der Waals surface area contributed by atoms with Crippen molar-refractivity contribution in [2.45, 2.75) is 116 Å². The monoisotopic (exact) mass is 877 g/mol. The fourth-order valence-corrected chi connectivity index (χ4v) is 12.0. The van der Waals surface area contributed by atoms with Crippen LogP contribution in [0.3, 0.4) is 0 Å². The molecule has 1 heteroatoms. The molecule has 336 valence electrons. The molecule has 0 aliphatic carbocycles. The van der Waals surface area contributed by atoms with Gasteiger partial charge in [-0.1, -0.05) is 219 Å². The highest BCUT2D eigenvalue weighted by Gasteiger charge is 2.31. The van der Waals surface area contributed by atoms with Crippen molar-refractivity contribution in [1.29, 1.82) is 0 Å². The third-order valence-electron chi connectivity index (χ3n) is 15.7. The van der Waals surface area contributed by atoms with E-state index in [1.54, 1.807) is 6.07 Å². The zero-order valence-electron chi connectivity index (χ0n) is 40.5. The molecule has 10 aromatic rings. The summed E-state index contributed by atoms with van der Waals surface area (Å²) in [6, 6.07) is 62.9. The van der Waals surface area contributed by atoms with Crippen molar-refractivity contribution < 1.29 is 4.39 Å². The summed E-state index contributed by atoms with van der Waals surface area (Å²) < 4.78 is 15.8. The third-order valence-corrected chi connectivity index (χ3v) is 15.7. The van der Waals surface area contributed by atoms with E-state index in [0.29, 0.717) is 18.3 Å². The second-order valence-corrected chi connectivity index (χ2v) is 20.3. The van der Waals surface area contributed by atoms with Gasteiger partial charge < -0.3 is 0 Å². The van der Waals surface area contributed by atoms with Crippen molar-refractivity contribution in [3.05, 3.63) is 226 Å². The van der Waals surface area contributed by atoms with Crippen LogP contribution in [-0.4, -0.2) is 0 Å². The molecule has 0 fully saturated rings. The van der Waals surface area contributed by atoms with Crippen molar-refractivity contribution in [3.63, 3.8) is 0 Å². The molecule has 0 aromatic heterocycles. The Labute approximate surface area is 398 Å². The van der Waals surface area contributed by atoms with E-state index in [2.05, 4.69) is 194 Å². The van der Waals surface area contributed by atoms with Gasteiger partial charge in [-0.25, -0.2) is 4.39 Å². The van der Waals surface area contributed by atoms with Gasteiger partial charge in [0, 0.05) is 0 Å². The lowest BCUT2D eigenvalue weighted by Crippen LogP contribution is -2.15. The summed E-state index contributed by atoms with van der Waals surface area (Å²) in [6.45, 7) is 16.7. The summed E-state index contributed by atoms with van der Waals surface area (Å²) in [6.07, 6.45) is 5.08. The van der Waals surface area contributed by atoms with Gasteiger partial charge in [-0.2, -0.15) is 0 Å². The Morgan fingerprint density at radius 3 is 1.25 bits per heavy atom. The highest BCUT2D eigenvalue weighted by Crippen LogP contribution is 2.50. The van der Waals surface area contributed by atoms with Crippen LogP contribution in [0.5, 0.6) is 0 Å². The van der Waals surface area contributed by atoms with E-state index in [-0.39, 0.29) is 29.5 Å². The van der Waals surface area contributed by atoms with E-state index >= 15 is 4.39 Å². The second-order valence-electron chi connectivity index (χ2n) is 20.3. The molecular formula is C66H65F. The Morgan fingerprint density at radius 2 is 0.776 bits per heavy atom. The molecule has 4 atom stereocenters. The van der Waals surface area contributed by atoms with Crippen LogP contribution in [0.15, 0.2) is 170 Å². The first-order valence-corrected chi connectivity index (χ1v) is 25.2. The molecule has 0 amide bonds. The van der Waals surface area contributed by atoms with Crippen LogP contribution in [0.1, 0.15) is 147 Å². The smallest absolute Gasteiger partial charge is 0.126 e. The largest absolute Gasteiger partial charge is 0.207 e. The van der Waals surface area contributed by atoms with Crippen LogP contribution in [0.4, 0.5) is 4.39 Å². The number of hydrogen-bond donors (Lipinski definition) is 0. The zero-order chi connectivity index (χ0) is 46.3. The zero-order valence-corrected chi connectivity index (χ0v) is 40.5. The minimum atomic E-state index is -0.132. The van der Waals surface area contributed by atoms with Gasteiger partial charge in [0.25, 0.3) is 0 Å². The topological polar surface area (TPSA) is 0 Å². The van der Waals surface area contributed by atoms with Crippen LogP contribution < -0.4 is 0 Å². The van der Waals surface area contributed by atoms with Gasteiger partial charge in [-0.15, -0.1) is 0 Å². The molecule has 67 heavy (non-hydrogen) atoms. The van der Waals surface area contributed by atoms with Crippen LogP contribution in [0.25, 0.3) is 53.9 Å². The van der Waals surface area contributed by atoms with E-state index < -0.39 is 0 Å². The summed E-state index contributed by atoms with van der Waals surface area (Å²) in [5, 5.41) is 13.3. The normalized spacial score (nSPS) is 14.0. The summed E-state index contributed by atoms with van der Waals surface area (Å²) in [4.78, 5) is 0. The average Bonchev–Trinajstić information content (AvgIpc) is 3.35. The Bertz CT molecular complexity index is 3360. The van der Waals surface area contributed by atoms with Gasteiger partial charge in [0.05, 0.1) is 0 Å². The minimum absolute atomic E-state index is 0.0324. The van der Waals surface area contributed by atoms with E-state index in [1.165, 1.54) is 111 Å². The molecule has 0 aliphatic heterocycles. The lowest BCUT2D eigenvalue weighted by molar-refractivity contribution is 0.548. The quantitative estimate of drug-likeness (QED) is 0.0900. The Morgan fingerprint density at radius 1 is 0.373 bits per heavy atom. The molecule has 0 aliphatic rings. The maximum Gasteiger partial charge on any atom is 0.126 e. The molecule has 0 saturated carbocycles.